The Kier molecular flexibility index (Phi) is 4.24. The van der Waals surface area contributed by atoms with Crippen molar-refractivity contribution in [3.8, 4) is 0 Å². The second-order valence-corrected chi connectivity index (χ2v) is 6.72. The van der Waals surface area contributed by atoms with Crippen molar-refractivity contribution in [3.63, 3.8) is 0 Å². The zero-order valence-corrected chi connectivity index (χ0v) is 10.2. The Labute approximate surface area is 94.8 Å². The highest BCUT2D eigenvalue weighted by Crippen LogP contribution is 2.31. The van der Waals surface area contributed by atoms with E-state index in [-0.39, 0.29) is 0 Å². The van der Waals surface area contributed by atoms with E-state index in [0.717, 1.165) is 18.1 Å². The first-order valence-corrected chi connectivity index (χ1v) is 7.78. The van der Waals surface area contributed by atoms with Gasteiger partial charge in [0.15, 0.2) is 0 Å². The molecule has 1 atom stereocenters. The number of ketones is 1. The van der Waals surface area contributed by atoms with Gasteiger partial charge in [-0.15, -0.1) is 11.8 Å². The molecule has 0 spiro atoms. The average molecular weight is 230 g/mol. The smallest absolute Gasteiger partial charge is 0.146 e. The topological polar surface area (TPSA) is 17.1 Å². The van der Waals surface area contributed by atoms with Crippen molar-refractivity contribution >= 4 is 29.3 Å². The SMILES string of the molecule is O=C(CC1CCCC1)C1CSCCS1. The van der Waals surface area contributed by atoms with E-state index in [4.69, 9.17) is 0 Å². The highest BCUT2D eigenvalue weighted by atomic mass is 32.2. The fraction of sp³-hybridized carbons (Fsp3) is 0.909. The summed E-state index contributed by atoms with van der Waals surface area (Å²) in [5.74, 6) is 4.74. The van der Waals surface area contributed by atoms with Crippen molar-refractivity contribution in [1.29, 1.82) is 0 Å². The molecule has 1 unspecified atom stereocenters. The molecule has 1 saturated carbocycles. The predicted molar refractivity (Wildman–Crippen MR) is 65.2 cm³/mol. The molecule has 1 aliphatic heterocycles. The molecule has 2 aliphatic rings. The third kappa shape index (κ3) is 2.93. The highest BCUT2D eigenvalue weighted by molar-refractivity contribution is 8.07. The van der Waals surface area contributed by atoms with E-state index in [1.165, 1.54) is 37.2 Å². The third-order valence-electron chi connectivity index (χ3n) is 3.14. The van der Waals surface area contributed by atoms with Crippen LogP contribution in [0.25, 0.3) is 0 Å². The van der Waals surface area contributed by atoms with Crippen molar-refractivity contribution in [1.82, 2.24) is 0 Å². The van der Waals surface area contributed by atoms with E-state index in [1.807, 2.05) is 23.5 Å². The first-order valence-electron chi connectivity index (χ1n) is 5.58. The Morgan fingerprint density at radius 3 is 2.64 bits per heavy atom. The molecule has 0 radical (unpaired) electrons. The van der Waals surface area contributed by atoms with Gasteiger partial charge < -0.3 is 0 Å². The van der Waals surface area contributed by atoms with Gasteiger partial charge in [0.25, 0.3) is 0 Å². The van der Waals surface area contributed by atoms with Gasteiger partial charge in [0.2, 0.25) is 0 Å². The van der Waals surface area contributed by atoms with Gasteiger partial charge in [0.1, 0.15) is 5.78 Å². The van der Waals surface area contributed by atoms with Crippen LogP contribution in [0.5, 0.6) is 0 Å². The zero-order valence-electron chi connectivity index (χ0n) is 8.54. The maximum atomic E-state index is 11.9. The van der Waals surface area contributed by atoms with Crippen molar-refractivity contribution in [2.45, 2.75) is 37.4 Å². The zero-order chi connectivity index (χ0) is 9.80. The van der Waals surface area contributed by atoms with E-state index in [2.05, 4.69) is 0 Å². The fourth-order valence-electron chi connectivity index (χ4n) is 2.30. The van der Waals surface area contributed by atoms with Crippen LogP contribution in [0.3, 0.4) is 0 Å². The van der Waals surface area contributed by atoms with Gasteiger partial charge in [0, 0.05) is 23.7 Å². The monoisotopic (exact) mass is 230 g/mol. The lowest BCUT2D eigenvalue weighted by molar-refractivity contribution is -0.119. The Morgan fingerprint density at radius 1 is 1.21 bits per heavy atom. The maximum absolute atomic E-state index is 11.9. The van der Waals surface area contributed by atoms with Crippen LogP contribution in [-0.4, -0.2) is 28.3 Å². The number of thioether (sulfide) groups is 2. The Balaban J connectivity index is 1.75. The number of hydrogen-bond donors (Lipinski definition) is 0. The molecule has 80 valence electrons. The van der Waals surface area contributed by atoms with Crippen molar-refractivity contribution in [3.05, 3.63) is 0 Å². The third-order valence-corrected chi connectivity index (χ3v) is 5.94. The summed E-state index contributed by atoms with van der Waals surface area (Å²) >= 11 is 3.83. The summed E-state index contributed by atoms with van der Waals surface area (Å²) < 4.78 is 0. The van der Waals surface area contributed by atoms with E-state index >= 15 is 0 Å². The molecular formula is C11H18OS2. The minimum absolute atomic E-state index is 0.328. The number of hydrogen-bond acceptors (Lipinski definition) is 3. The lowest BCUT2D eigenvalue weighted by Crippen LogP contribution is -2.25. The highest BCUT2D eigenvalue weighted by Gasteiger charge is 2.25. The van der Waals surface area contributed by atoms with Crippen LogP contribution in [0.4, 0.5) is 0 Å². The Hall–Kier alpha value is 0.370. The summed E-state index contributed by atoms with van der Waals surface area (Å²) in [5.41, 5.74) is 0. The minimum Gasteiger partial charge on any atom is -0.298 e. The van der Waals surface area contributed by atoms with Crippen LogP contribution in [0, 0.1) is 5.92 Å². The number of Topliss-reactive ketones (excluding diaryl/α,β-unsaturated/α-hetero) is 1. The fourth-order valence-corrected chi connectivity index (χ4v) is 4.97. The molecule has 1 heterocycles. The summed E-state index contributed by atoms with van der Waals surface area (Å²) in [5, 5.41) is 0.328. The molecule has 3 heteroatoms. The van der Waals surface area contributed by atoms with E-state index in [9.17, 15) is 4.79 Å². The number of carbonyl (C=O) groups is 1. The lowest BCUT2D eigenvalue weighted by atomic mass is 10.00. The van der Waals surface area contributed by atoms with Gasteiger partial charge in [-0.25, -0.2) is 0 Å². The first-order chi connectivity index (χ1) is 6.86. The van der Waals surface area contributed by atoms with Gasteiger partial charge in [-0.3, -0.25) is 4.79 Å². The molecule has 0 N–H and O–H groups in total. The van der Waals surface area contributed by atoms with Gasteiger partial charge >= 0.3 is 0 Å². The van der Waals surface area contributed by atoms with Crippen LogP contribution in [0.15, 0.2) is 0 Å². The summed E-state index contributed by atoms with van der Waals surface area (Å²) in [6.07, 6.45) is 6.18. The number of carbonyl (C=O) groups excluding carboxylic acids is 1. The summed E-state index contributed by atoms with van der Waals surface area (Å²) in [6.45, 7) is 0. The minimum atomic E-state index is 0.328. The van der Waals surface area contributed by atoms with Crippen LogP contribution < -0.4 is 0 Å². The molecule has 1 nitrogen and oxygen atoms in total. The predicted octanol–water partition coefficient (Wildman–Crippen LogP) is 2.98. The summed E-state index contributed by atoms with van der Waals surface area (Å²) in [6, 6.07) is 0. The van der Waals surface area contributed by atoms with Crippen molar-refractivity contribution in [2.75, 3.05) is 17.3 Å². The summed E-state index contributed by atoms with van der Waals surface area (Å²) in [4.78, 5) is 11.9. The van der Waals surface area contributed by atoms with Crippen LogP contribution in [0.1, 0.15) is 32.1 Å². The van der Waals surface area contributed by atoms with Crippen molar-refractivity contribution < 1.29 is 4.79 Å². The molecule has 0 bridgehead atoms. The molecular weight excluding hydrogens is 212 g/mol. The lowest BCUT2D eigenvalue weighted by Gasteiger charge is -2.20. The molecule has 1 saturated heterocycles. The van der Waals surface area contributed by atoms with Crippen molar-refractivity contribution in [2.24, 2.45) is 5.92 Å². The quantitative estimate of drug-likeness (QED) is 0.742. The Morgan fingerprint density at radius 2 is 2.00 bits per heavy atom. The second-order valence-electron chi connectivity index (χ2n) is 4.26. The largest absolute Gasteiger partial charge is 0.298 e. The molecule has 0 aromatic carbocycles. The normalized spacial score (nSPS) is 29.3. The first kappa shape index (κ1) is 10.9. The molecule has 0 aromatic rings. The molecule has 14 heavy (non-hydrogen) atoms. The van der Waals surface area contributed by atoms with Gasteiger partial charge in [0.05, 0.1) is 5.25 Å². The molecule has 0 aromatic heterocycles. The average Bonchev–Trinajstić information content (AvgIpc) is 2.72. The molecule has 2 rings (SSSR count). The van der Waals surface area contributed by atoms with Gasteiger partial charge in [-0.1, -0.05) is 25.7 Å². The standard InChI is InChI=1S/C11H18OS2/c12-10(7-9-3-1-2-4-9)11-8-13-5-6-14-11/h9,11H,1-8H2. The molecule has 0 amide bonds. The van der Waals surface area contributed by atoms with Crippen LogP contribution in [0.2, 0.25) is 0 Å². The molecule has 2 fully saturated rings. The number of rotatable bonds is 3. The Bertz CT molecular complexity index is 193. The molecule has 1 aliphatic carbocycles. The summed E-state index contributed by atoms with van der Waals surface area (Å²) in [7, 11) is 0. The van der Waals surface area contributed by atoms with Gasteiger partial charge in [-0.2, -0.15) is 11.8 Å². The second kappa shape index (κ2) is 5.45. The van der Waals surface area contributed by atoms with E-state index in [1.54, 1.807) is 0 Å². The van der Waals surface area contributed by atoms with E-state index < -0.39 is 0 Å². The van der Waals surface area contributed by atoms with E-state index in [0.29, 0.717) is 11.0 Å². The van der Waals surface area contributed by atoms with Crippen LogP contribution >= 0.6 is 23.5 Å². The van der Waals surface area contributed by atoms with Crippen LogP contribution in [-0.2, 0) is 4.79 Å². The maximum Gasteiger partial charge on any atom is 0.146 e. The van der Waals surface area contributed by atoms with Gasteiger partial charge in [-0.05, 0) is 5.92 Å².